The first-order valence-electron chi connectivity index (χ1n) is 7.08. The highest BCUT2D eigenvalue weighted by molar-refractivity contribution is 5.62. The van der Waals surface area contributed by atoms with E-state index in [1.165, 1.54) is 6.07 Å². The predicted molar refractivity (Wildman–Crippen MR) is 77.6 cm³/mol. The molecule has 0 aliphatic heterocycles. The summed E-state index contributed by atoms with van der Waals surface area (Å²) in [6, 6.07) is 2.27. The Kier molecular flexibility index (Phi) is 4.82. The van der Waals surface area contributed by atoms with E-state index < -0.39 is 29.5 Å². The number of hydrogen-bond donors (Lipinski definition) is 1. The molecular formula is C15H16F3NO4. The molecule has 0 amide bonds. The van der Waals surface area contributed by atoms with Crippen LogP contribution in [0.25, 0.3) is 0 Å². The topological polar surface area (TPSA) is 68.5 Å². The number of furan rings is 1. The number of ether oxygens (including phenoxy) is 1. The van der Waals surface area contributed by atoms with Crippen molar-refractivity contribution in [1.82, 2.24) is 0 Å². The normalized spacial score (nSPS) is 13.3. The van der Waals surface area contributed by atoms with Gasteiger partial charge >= 0.3 is 6.18 Å². The fourth-order valence-electron chi connectivity index (χ4n) is 2.19. The molecule has 0 bridgehead atoms. The Morgan fingerprint density at radius 2 is 1.96 bits per heavy atom. The van der Waals surface area contributed by atoms with Crippen molar-refractivity contribution in [3.8, 4) is 5.75 Å². The fraction of sp³-hybridized carbons (Fsp3) is 0.467. The van der Waals surface area contributed by atoms with E-state index in [0.717, 1.165) is 0 Å². The lowest BCUT2D eigenvalue weighted by Crippen LogP contribution is -2.36. The minimum absolute atomic E-state index is 0.0990. The van der Waals surface area contributed by atoms with Gasteiger partial charge in [-0.15, -0.1) is 0 Å². The monoisotopic (exact) mass is 331 g/mol. The van der Waals surface area contributed by atoms with Crippen molar-refractivity contribution in [2.45, 2.75) is 38.9 Å². The molecule has 23 heavy (non-hydrogen) atoms. The third kappa shape index (κ3) is 3.94. The van der Waals surface area contributed by atoms with Crippen molar-refractivity contribution >= 4 is 5.69 Å². The van der Waals surface area contributed by atoms with Gasteiger partial charge in [0.05, 0.1) is 12.6 Å². The largest absolute Gasteiger partial charge is 0.488 e. The molecule has 0 fully saturated rings. The number of rotatable bonds is 7. The molecule has 0 aliphatic carbocycles. The second kappa shape index (κ2) is 6.47. The number of anilines is 1. The van der Waals surface area contributed by atoms with Crippen LogP contribution < -0.4 is 20.9 Å². The Bertz CT molecular complexity index is 741. The van der Waals surface area contributed by atoms with E-state index >= 15 is 0 Å². The molecule has 0 saturated carbocycles. The van der Waals surface area contributed by atoms with Crippen LogP contribution >= 0.6 is 0 Å². The smallest absolute Gasteiger partial charge is 0.389 e. The molecule has 1 atom stereocenters. The average Bonchev–Trinajstić information content (AvgIpc) is 2.90. The van der Waals surface area contributed by atoms with Crippen LogP contribution in [-0.4, -0.2) is 12.8 Å². The van der Waals surface area contributed by atoms with Gasteiger partial charge in [-0.25, -0.2) is 0 Å². The Morgan fingerprint density at radius 1 is 1.26 bits per heavy atom. The van der Waals surface area contributed by atoms with Gasteiger partial charge in [-0.2, -0.15) is 13.2 Å². The van der Waals surface area contributed by atoms with E-state index in [2.05, 4.69) is 5.32 Å². The summed E-state index contributed by atoms with van der Waals surface area (Å²) in [6.07, 6.45) is -5.72. The SMILES string of the molecule is CCOc1c(NC(CCC(F)(F)F)c2ccc(C)o2)c(=O)c1=O. The molecule has 0 saturated heterocycles. The van der Waals surface area contributed by atoms with Crippen LogP contribution in [0.3, 0.4) is 0 Å². The molecule has 1 unspecified atom stereocenters. The molecule has 1 heterocycles. The molecule has 0 aliphatic rings. The lowest BCUT2D eigenvalue weighted by atomic mass is 10.1. The first kappa shape index (κ1) is 17.1. The zero-order valence-electron chi connectivity index (χ0n) is 12.6. The van der Waals surface area contributed by atoms with Crippen molar-refractivity contribution in [1.29, 1.82) is 0 Å². The molecular weight excluding hydrogens is 315 g/mol. The Balaban J connectivity index is 2.23. The predicted octanol–water partition coefficient (Wildman–Crippen LogP) is 3.08. The molecule has 8 heteroatoms. The molecule has 1 aromatic heterocycles. The zero-order chi connectivity index (χ0) is 17.2. The van der Waals surface area contributed by atoms with E-state index in [1.54, 1.807) is 19.9 Å². The summed E-state index contributed by atoms with van der Waals surface area (Å²) in [5, 5.41) is 2.66. The van der Waals surface area contributed by atoms with E-state index in [4.69, 9.17) is 9.15 Å². The van der Waals surface area contributed by atoms with Crippen molar-refractivity contribution in [2.24, 2.45) is 0 Å². The van der Waals surface area contributed by atoms with Crippen LogP contribution in [0.5, 0.6) is 5.75 Å². The second-order valence-electron chi connectivity index (χ2n) is 5.09. The number of nitrogens with one attached hydrogen (secondary N) is 1. The third-order valence-electron chi connectivity index (χ3n) is 3.29. The van der Waals surface area contributed by atoms with Crippen LogP contribution in [-0.2, 0) is 0 Å². The Morgan fingerprint density at radius 3 is 2.48 bits per heavy atom. The summed E-state index contributed by atoms with van der Waals surface area (Å²) in [5.74, 6) is 0.661. The minimum Gasteiger partial charge on any atom is -0.488 e. The van der Waals surface area contributed by atoms with Gasteiger partial charge in [0.15, 0.2) is 5.75 Å². The van der Waals surface area contributed by atoms with E-state index in [1.807, 2.05) is 0 Å². The maximum Gasteiger partial charge on any atom is 0.389 e. The first-order valence-corrected chi connectivity index (χ1v) is 7.08. The van der Waals surface area contributed by atoms with Crippen LogP contribution in [0.2, 0.25) is 0 Å². The summed E-state index contributed by atoms with van der Waals surface area (Å²) in [5.41, 5.74) is -1.67. The summed E-state index contributed by atoms with van der Waals surface area (Å²) in [6.45, 7) is 3.47. The molecule has 2 aromatic rings. The quantitative estimate of drug-likeness (QED) is 0.790. The lowest BCUT2D eigenvalue weighted by Gasteiger charge is -2.21. The highest BCUT2D eigenvalue weighted by Gasteiger charge is 2.32. The number of hydrogen-bond acceptors (Lipinski definition) is 5. The van der Waals surface area contributed by atoms with Gasteiger partial charge in [0, 0.05) is 6.42 Å². The third-order valence-corrected chi connectivity index (χ3v) is 3.29. The maximum atomic E-state index is 12.5. The summed E-state index contributed by atoms with van der Waals surface area (Å²) >= 11 is 0. The van der Waals surface area contributed by atoms with Crippen molar-refractivity contribution in [2.75, 3.05) is 11.9 Å². The standard InChI is InChI=1S/C15H16F3NO4/c1-3-22-14-11(12(20)13(14)21)19-9(6-7-15(16,17)18)10-5-4-8(2)23-10/h4-5,9,19H,3,6-7H2,1-2H3. The molecule has 5 nitrogen and oxygen atoms in total. The molecule has 1 N–H and O–H groups in total. The minimum atomic E-state index is -4.34. The molecule has 0 radical (unpaired) electrons. The summed E-state index contributed by atoms with van der Waals surface area (Å²) in [7, 11) is 0. The van der Waals surface area contributed by atoms with Crippen molar-refractivity contribution in [3.63, 3.8) is 0 Å². The van der Waals surface area contributed by atoms with Gasteiger partial charge in [-0.1, -0.05) is 0 Å². The zero-order valence-corrected chi connectivity index (χ0v) is 12.6. The highest BCUT2D eigenvalue weighted by atomic mass is 19.4. The number of aryl methyl sites for hydroxylation is 1. The Labute approximate surface area is 129 Å². The lowest BCUT2D eigenvalue weighted by molar-refractivity contribution is -0.136. The van der Waals surface area contributed by atoms with Crippen LogP contribution in [0.15, 0.2) is 26.1 Å². The average molecular weight is 331 g/mol. The van der Waals surface area contributed by atoms with Gasteiger partial charge in [-0.3, -0.25) is 9.59 Å². The second-order valence-corrected chi connectivity index (χ2v) is 5.09. The maximum absolute atomic E-state index is 12.5. The van der Waals surface area contributed by atoms with Gasteiger partial charge in [0.2, 0.25) is 0 Å². The van der Waals surface area contributed by atoms with Crippen molar-refractivity contribution < 1.29 is 22.3 Å². The fourth-order valence-corrected chi connectivity index (χ4v) is 2.19. The van der Waals surface area contributed by atoms with Crippen LogP contribution in [0, 0.1) is 6.92 Å². The van der Waals surface area contributed by atoms with Crippen LogP contribution in [0.4, 0.5) is 18.9 Å². The van der Waals surface area contributed by atoms with E-state index in [-0.39, 0.29) is 30.2 Å². The van der Waals surface area contributed by atoms with E-state index in [9.17, 15) is 22.8 Å². The molecule has 0 spiro atoms. The first-order chi connectivity index (χ1) is 10.7. The van der Waals surface area contributed by atoms with Gasteiger partial charge in [0.1, 0.15) is 17.2 Å². The van der Waals surface area contributed by atoms with E-state index in [0.29, 0.717) is 5.76 Å². The van der Waals surface area contributed by atoms with Gasteiger partial charge in [0.25, 0.3) is 10.9 Å². The Hall–Kier alpha value is -2.25. The number of halogens is 3. The molecule has 2 rings (SSSR count). The van der Waals surface area contributed by atoms with Crippen LogP contribution in [0.1, 0.15) is 37.3 Å². The van der Waals surface area contributed by atoms with Gasteiger partial charge < -0.3 is 14.5 Å². The summed E-state index contributed by atoms with van der Waals surface area (Å²) in [4.78, 5) is 23.0. The molecule has 126 valence electrons. The molecule has 1 aromatic carbocycles. The summed E-state index contributed by atoms with van der Waals surface area (Å²) < 4.78 is 47.9. The highest BCUT2D eigenvalue weighted by Crippen LogP contribution is 2.32. The van der Waals surface area contributed by atoms with Gasteiger partial charge in [-0.05, 0) is 32.4 Å². The number of alkyl halides is 3. The van der Waals surface area contributed by atoms with Crippen molar-refractivity contribution in [3.05, 3.63) is 44.1 Å².